The molecule has 1 saturated heterocycles. The van der Waals surface area contributed by atoms with Gasteiger partial charge in [-0.25, -0.2) is 0 Å². The van der Waals surface area contributed by atoms with Crippen molar-refractivity contribution in [1.82, 2.24) is 4.90 Å². The summed E-state index contributed by atoms with van der Waals surface area (Å²) in [4.78, 5) is 14.4. The summed E-state index contributed by atoms with van der Waals surface area (Å²) >= 11 is 1.86. The van der Waals surface area contributed by atoms with Gasteiger partial charge in [-0.1, -0.05) is 12.1 Å². The molecule has 3 N–H and O–H groups in total. The van der Waals surface area contributed by atoms with Crippen molar-refractivity contribution in [2.24, 2.45) is 0 Å². The van der Waals surface area contributed by atoms with Crippen LogP contribution >= 0.6 is 11.8 Å². The fourth-order valence-electron chi connectivity index (χ4n) is 2.05. The number of nitrogens with zero attached hydrogens (tertiary/aromatic N) is 1. The molecule has 1 unspecified atom stereocenters. The zero-order valence-corrected chi connectivity index (χ0v) is 12.1. The first-order chi connectivity index (χ1) is 9.72. The summed E-state index contributed by atoms with van der Waals surface area (Å²) in [7, 11) is 0. The molecule has 0 aliphatic carbocycles. The quantitative estimate of drug-likeness (QED) is 0.744. The highest BCUT2D eigenvalue weighted by molar-refractivity contribution is 7.99. The van der Waals surface area contributed by atoms with Crippen LogP contribution in [0.5, 0.6) is 0 Å². The molecular formula is C14H20N2O3S. The summed E-state index contributed by atoms with van der Waals surface area (Å²) in [6.45, 7) is 1.47. The van der Waals surface area contributed by atoms with Crippen molar-refractivity contribution >= 4 is 23.4 Å². The number of rotatable bonds is 5. The fourth-order valence-corrected chi connectivity index (χ4v) is 2.96. The second-order valence-corrected chi connectivity index (χ2v) is 5.89. The number of carbonyl (C=O) groups is 1. The predicted molar refractivity (Wildman–Crippen MR) is 81.3 cm³/mol. The van der Waals surface area contributed by atoms with Gasteiger partial charge in [0.25, 0.3) is 5.91 Å². The minimum atomic E-state index is -0.829. The molecule has 2 rings (SSSR count). The van der Waals surface area contributed by atoms with Crippen molar-refractivity contribution in [2.45, 2.75) is 6.10 Å². The van der Waals surface area contributed by atoms with E-state index in [-0.39, 0.29) is 19.1 Å². The number of aliphatic hydroxyl groups excluding tert-OH is 2. The Balaban J connectivity index is 2.08. The van der Waals surface area contributed by atoms with E-state index in [1.807, 2.05) is 34.9 Å². The molecule has 0 spiro atoms. The average molecular weight is 296 g/mol. The van der Waals surface area contributed by atoms with Crippen LogP contribution in [0.15, 0.2) is 24.3 Å². The molecular weight excluding hydrogens is 276 g/mol. The Morgan fingerprint density at radius 3 is 2.75 bits per heavy atom. The van der Waals surface area contributed by atoms with Crippen molar-refractivity contribution in [1.29, 1.82) is 0 Å². The minimum Gasteiger partial charge on any atom is -0.394 e. The standard InChI is InChI=1S/C14H20N2O3S/c17-10-11(18)9-15-13-4-2-1-3-12(13)14(19)16-5-7-20-8-6-16/h1-4,11,15,17-18H,5-10H2. The number of anilines is 1. The Morgan fingerprint density at radius 2 is 2.05 bits per heavy atom. The van der Waals surface area contributed by atoms with E-state index in [2.05, 4.69) is 5.32 Å². The lowest BCUT2D eigenvalue weighted by atomic mass is 10.1. The number of amides is 1. The van der Waals surface area contributed by atoms with Gasteiger partial charge in [-0.15, -0.1) is 0 Å². The van der Waals surface area contributed by atoms with Gasteiger partial charge in [-0.2, -0.15) is 11.8 Å². The number of hydrogen-bond acceptors (Lipinski definition) is 5. The van der Waals surface area contributed by atoms with Gasteiger partial charge in [0.05, 0.1) is 18.3 Å². The Kier molecular flexibility index (Phi) is 5.70. The van der Waals surface area contributed by atoms with Gasteiger partial charge in [-0.05, 0) is 12.1 Å². The molecule has 1 atom stereocenters. The number of para-hydroxylation sites is 1. The van der Waals surface area contributed by atoms with Crippen molar-refractivity contribution in [2.75, 3.05) is 43.1 Å². The molecule has 1 amide bonds. The molecule has 1 aromatic rings. The monoisotopic (exact) mass is 296 g/mol. The summed E-state index contributed by atoms with van der Waals surface area (Å²) in [5.74, 6) is 1.97. The maximum atomic E-state index is 12.5. The van der Waals surface area contributed by atoms with Crippen LogP contribution in [0.3, 0.4) is 0 Å². The van der Waals surface area contributed by atoms with E-state index in [9.17, 15) is 9.90 Å². The van der Waals surface area contributed by atoms with Gasteiger partial charge < -0.3 is 20.4 Å². The lowest BCUT2D eigenvalue weighted by molar-refractivity contribution is 0.0773. The van der Waals surface area contributed by atoms with E-state index in [4.69, 9.17) is 5.11 Å². The van der Waals surface area contributed by atoms with E-state index in [0.29, 0.717) is 11.3 Å². The van der Waals surface area contributed by atoms with Crippen LogP contribution in [0.4, 0.5) is 5.69 Å². The molecule has 0 radical (unpaired) electrons. The van der Waals surface area contributed by atoms with Crippen LogP contribution in [0.25, 0.3) is 0 Å². The molecule has 5 nitrogen and oxygen atoms in total. The number of thioether (sulfide) groups is 1. The third kappa shape index (κ3) is 3.88. The van der Waals surface area contributed by atoms with Crippen molar-refractivity contribution in [3.8, 4) is 0 Å². The van der Waals surface area contributed by atoms with Crippen molar-refractivity contribution < 1.29 is 15.0 Å². The molecule has 1 aliphatic rings. The van der Waals surface area contributed by atoms with Crippen LogP contribution < -0.4 is 5.32 Å². The highest BCUT2D eigenvalue weighted by atomic mass is 32.2. The molecule has 1 aliphatic heterocycles. The second-order valence-electron chi connectivity index (χ2n) is 4.67. The summed E-state index contributed by atoms with van der Waals surface area (Å²) < 4.78 is 0. The van der Waals surface area contributed by atoms with Crippen LogP contribution in [0.2, 0.25) is 0 Å². The number of hydrogen-bond donors (Lipinski definition) is 3. The molecule has 1 heterocycles. The maximum Gasteiger partial charge on any atom is 0.256 e. The van der Waals surface area contributed by atoms with Crippen LogP contribution in [-0.2, 0) is 0 Å². The second kappa shape index (κ2) is 7.52. The number of carbonyl (C=O) groups excluding carboxylic acids is 1. The summed E-state index contributed by atoms with van der Waals surface area (Å²) in [6, 6.07) is 7.28. The SMILES string of the molecule is O=C(c1ccccc1NCC(O)CO)N1CCSCC1. The van der Waals surface area contributed by atoms with Gasteiger partial charge in [0.1, 0.15) is 0 Å². The molecule has 110 valence electrons. The van der Waals surface area contributed by atoms with E-state index >= 15 is 0 Å². The summed E-state index contributed by atoms with van der Waals surface area (Å²) in [5, 5.41) is 21.2. The fraction of sp³-hybridized carbons (Fsp3) is 0.500. The van der Waals surface area contributed by atoms with Crippen LogP contribution in [-0.4, -0.2) is 64.9 Å². The largest absolute Gasteiger partial charge is 0.394 e. The Bertz CT molecular complexity index is 450. The van der Waals surface area contributed by atoms with E-state index < -0.39 is 6.10 Å². The molecule has 1 aromatic carbocycles. The smallest absolute Gasteiger partial charge is 0.256 e. The minimum absolute atomic E-state index is 0.0203. The van der Waals surface area contributed by atoms with Gasteiger partial charge in [0.15, 0.2) is 0 Å². The van der Waals surface area contributed by atoms with Gasteiger partial charge in [-0.3, -0.25) is 4.79 Å². The van der Waals surface area contributed by atoms with E-state index in [1.54, 1.807) is 6.07 Å². The average Bonchev–Trinajstić information content (AvgIpc) is 2.53. The van der Waals surface area contributed by atoms with E-state index in [0.717, 1.165) is 24.6 Å². The van der Waals surface area contributed by atoms with Gasteiger partial charge in [0.2, 0.25) is 0 Å². The summed E-state index contributed by atoms with van der Waals surface area (Å²) in [5.41, 5.74) is 1.31. The molecule has 0 bridgehead atoms. The zero-order valence-electron chi connectivity index (χ0n) is 11.3. The molecule has 0 aromatic heterocycles. The van der Waals surface area contributed by atoms with Crippen molar-refractivity contribution in [3.63, 3.8) is 0 Å². The topological polar surface area (TPSA) is 72.8 Å². The maximum absolute atomic E-state index is 12.5. The lowest BCUT2D eigenvalue weighted by Crippen LogP contribution is -2.38. The highest BCUT2D eigenvalue weighted by Crippen LogP contribution is 2.19. The predicted octanol–water partition coefficient (Wildman–Crippen LogP) is 0.641. The third-order valence-corrected chi connectivity index (χ3v) is 4.14. The zero-order chi connectivity index (χ0) is 14.4. The first-order valence-corrected chi connectivity index (χ1v) is 7.86. The van der Waals surface area contributed by atoms with E-state index in [1.165, 1.54) is 0 Å². The Labute approximate surface area is 123 Å². The lowest BCUT2D eigenvalue weighted by Gasteiger charge is -2.27. The number of benzene rings is 1. The van der Waals surface area contributed by atoms with Gasteiger partial charge >= 0.3 is 0 Å². The first kappa shape index (κ1) is 15.2. The van der Waals surface area contributed by atoms with Crippen LogP contribution in [0.1, 0.15) is 10.4 Å². The molecule has 1 fully saturated rings. The molecule has 20 heavy (non-hydrogen) atoms. The first-order valence-electron chi connectivity index (χ1n) is 6.71. The number of aliphatic hydroxyl groups is 2. The van der Waals surface area contributed by atoms with Crippen molar-refractivity contribution in [3.05, 3.63) is 29.8 Å². The normalized spacial score (nSPS) is 16.8. The third-order valence-electron chi connectivity index (χ3n) is 3.19. The van der Waals surface area contributed by atoms with Gasteiger partial charge in [0, 0.05) is 36.8 Å². The summed E-state index contributed by atoms with van der Waals surface area (Å²) in [6.07, 6.45) is -0.829. The highest BCUT2D eigenvalue weighted by Gasteiger charge is 2.20. The Morgan fingerprint density at radius 1 is 1.35 bits per heavy atom. The Hall–Kier alpha value is -1.24. The molecule has 6 heteroatoms. The van der Waals surface area contributed by atoms with Crippen LogP contribution in [0, 0.1) is 0 Å². The molecule has 0 saturated carbocycles. The number of nitrogens with one attached hydrogen (secondary N) is 1.